The molecule has 0 spiro atoms. The number of anilines is 1. The van der Waals surface area contributed by atoms with E-state index >= 15 is 0 Å². The standard InChI is InChI=1S/C22H26FN3O/c23-19-6-2-1-5-18(19)20(24)21(27)25-17-9-7-16(8-10-17)22(11-12-22)15-26-13-3-4-14-26/h1-2,5-10,20H,3-4,11-15,24H2,(H,25,27). The van der Waals surface area contributed by atoms with Crippen molar-refractivity contribution in [2.45, 2.75) is 37.1 Å². The van der Waals surface area contributed by atoms with Gasteiger partial charge in [-0.2, -0.15) is 0 Å². The van der Waals surface area contributed by atoms with Crippen LogP contribution in [0.1, 0.15) is 42.9 Å². The lowest BCUT2D eigenvalue weighted by Crippen LogP contribution is -2.30. The molecule has 1 aliphatic heterocycles. The maximum atomic E-state index is 13.8. The summed E-state index contributed by atoms with van der Waals surface area (Å²) in [6.07, 6.45) is 5.08. The zero-order valence-corrected chi connectivity index (χ0v) is 15.5. The first-order valence-corrected chi connectivity index (χ1v) is 9.71. The molecular formula is C22H26FN3O. The molecule has 0 radical (unpaired) electrons. The largest absolute Gasteiger partial charge is 0.324 e. The normalized spacial score (nSPS) is 19.6. The maximum absolute atomic E-state index is 13.8. The highest BCUT2D eigenvalue weighted by Gasteiger charge is 2.45. The van der Waals surface area contributed by atoms with Crippen LogP contribution in [-0.2, 0) is 10.2 Å². The number of nitrogens with zero attached hydrogens (tertiary/aromatic N) is 1. The van der Waals surface area contributed by atoms with Gasteiger partial charge < -0.3 is 16.0 Å². The lowest BCUT2D eigenvalue weighted by molar-refractivity contribution is -0.117. The van der Waals surface area contributed by atoms with Crippen LogP contribution in [0.2, 0.25) is 0 Å². The molecule has 5 heteroatoms. The highest BCUT2D eigenvalue weighted by atomic mass is 19.1. The number of amides is 1. The molecule has 4 nitrogen and oxygen atoms in total. The minimum absolute atomic E-state index is 0.203. The van der Waals surface area contributed by atoms with Crippen molar-refractivity contribution in [3.8, 4) is 0 Å². The summed E-state index contributed by atoms with van der Waals surface area (Å²) >= 11 is 0. The van der Waals surface area contributed by atoms with Crippen molar-refractivity contribution >= 4 is 11.6 Å². The number of hydrogen-bond donors (Lipinski definition) is 2. The van der Waals surface area contributed by atoms with Gasteiger partial charge in [-0.15, -0.1) is 0 Å². The van der Waals surface area contributed by atoms with Crippen molar-refractivity contribution < 1.29 is 9.18 Å². The lowest BCUT2D eigenvalue weighted by Gasteiger charge is -2.23. The molecule has 2 aromatic carbocycles. The Balaban J connectivity index is 1.40. The second-order valence-corrected chi connectivity index (χ2v) is 7.83. The summed E-state index contributed by atoms with van der Waals surface area (Å²) in [5, 5.41) is 2.80. The molecule has 1 saturated carbocycles. The molecule has 1 heterocycles. The Morgan fingerprint density at radius 3 is 2.41 bits per heavy atom. The molecule has 1 unspecified atom stereocenters. The minimum Gasteiger partial charge on any atom is -0.324 e. The van der Waals surface area contributed by atoms with Crippen LogP contribution in [0.15, 0.2) is 48.5 Å². The van der Waals surface area contributed by atoms with E-state index in [-0.39, 0.29) is 11.0 Å². The van der Waals surface area contributed by atoms with Crippen molar-refractivity contribution in [2.24, 2.45) is 5.73 Å². The number of nitrogens with two attached hydrogens (primary N) is 1. The Kier molecular flexibility index (Phi) is 4.98. The predicted octanol–water partition coefficient (Wildman–Crippen LogP) is 3.59. The van der Waals surface area contributed by atoms with Gasteiger partial charge in [0.25, 0.3) is 0 Å². The van der Waals surface area contributed by atoms with Crippen molar-refractivity contribution in [1.82, 2.24) is 4.90 Å². The van der Waals surface area contributed by atoms with Gasteiger partial charge in [0.15, 0.2) is 0 Å². The van der Waals surface area contributed by atoms with E-state index in [1.54, 1.807) is 12.1 Å². The van der Waals surface area contributed by atoms with Crippen LogP contribution >= 0.6 is 0 Å². The predicted molar refractivity (Wildman–Crippen MR) is 105 cm³/mol. The summed E-state index contributed by atoms with van der Waals surface area (Å²) in [6, 6.07) is 13.1. The van der Waals surface area contributed by atoms with E-state index < -0.39 is 17.8 Å². The number of rotatable bonds is 6. The van der Waals surface area contributed by atoms with Gasteiger partial charge in [-0.1, -0.05) is 30.3 Å². The Morgan fingerprint density at radius 2 is 1.78 bits per heavy atom. The molecule has 1 atom stereocenters. The van der Waals surface area contributed by atoms with Crippen LogP contribution in [0.5, 0.6) is 0 Å². The van der Waals surface area contributed by atoms with Gasteiger partial charge in [-0.3, -0.25) is 4.79 Å². The highest BCUT2D eigenvalue weighted by molar-refractivity contribution is 5.95. The lowest BCUT2D eigenvalue weighted by atomic mass is 9.95. The fourth-order valence-corrected chi connectivity index (χ4v) is 4.05. The summed E-state index contributed by atoms with van der Waals surface area (Å²) in [5.41, 5.74) is 8.45. The molecule has 2 fully saturated rings. The number of halogens is 1. The number of nitrogens with one attached hydrogen (secondary N) is 1. The van der Waals surface area contributed by atoms with Gasteiger partial charge in [-0.25, -0.2) is 4.39 Å². The molecule has 4 rings (SSSR count). The number of likely N-dealkylation sites (tertiary alicyclic amines) is 1. The molecule has 2 aliphatic rings. The number of benzene rings is 2. The van der Waals surface area contributed by atoms with Gasteiger partial charge >= 0.3 is 0 Å². The summed E-state index contributed by atoms with van der Waals surface area (Å²) in [7, 11) is 0. The smallest absolute Gasteiger partial charge is 0.245 e. The molecule has 1 aliphatic carbocycles. The molecule has 0 bridgehead atoms. The average molecular weight is 367 g/mol. The Labute approximate surface area is 159 Å². The third-order valence-electron chi connectivity index (χ3n) is 5.87. The number of carbonyl (C=O) groups is 1. The topological polar surface area (TPSA) is 58.4 Å². The second kappa shape index (κ2) is 7.41. The van der Waals surface area contributed by atoms with Gasteiger partial charge in [0.1, 0.15) is 11.9 Å². The number of carbonyl (C=O) groups excluding carboxylic acids is 1. The van der Waals surface area contributed by atoms with Crippen LogP contribution < -0.4 is 11.1 Å². The van der Waals surface area contributed by atoms with Crippen LogP contribution in [0.4, 0.5) is 10.1 Å². The van der Waals surface area contributed by atoms with Crippen LogP contribution in [-0.4, -0.2) is 30.4 Å². The first kappa shape index (κ1) is 18.1. The van der Waals surface area contributed by atoms with E-state index in [4.69, 9.17) is 5.73 Å². The van der Waals surface area contributed by atoms with Crippen molar-refractivity contribution in [3.63, 3.8) is 0 Å². The SMILES string of the molecule is NC(C(=O)Nc1ccc(C2(CN3CCCC3)CC2)cc1)c1ccccc1F. The Morgan fingerprint density at radius 1 is 1.11 bits per heavy atom. The Hall–Kier alpha value is -2.24. The summed E-state index contributed by atoms with van der Waals surface area (Å²) in [6.45, 7) is 3.56. The second-order valence-electron chi connectivity index (χ2n) is 7.83. The van der Waals surface area contributed by atoms with E-state index in [0.29, 0.717) is 5.69 Å². The van der Waals surface area contributed by atoms with E-state index in [1.165, 1.54) is 56.5 Å². The van der Waals surface area contributed by atoms with Crippen molar-refractivity contribution in [2.75, 3.05) is 25.0 Å². The van der Waals surface area contributed by atoms with Gasteiger partial charge in [0.2, 0.25) is 5.91 Å². The first-order valence-electron chi connectivity index (χ1n) is 9.71. The highest BCUT2D eigenvalue weighted by Crippen LogP contribution is 2.49. The first-order chi connectivity index (χ1) is 13.1. The number of hydrogen-bond acceptors (Lipinski definition) is 3. The van der Waals surface area contributed by atoms with Gasteiger partial charge in [0, 0.05) is 23.2 Å². The molecule has 0 aromatic heterocycles. The monoisotopic (exact) mass is 367 g/mol. The summed E-state index contributed by atoms with van der Waals surface area (Å²) in [5.74, 6) is -0.876. The van der Waals surface area contributed by atoms with Crippen LogP contribution in [0, 0.1) is 5.82 Å². The summed E-state index contributed by atoms with van der Waals surface area (Å²) < 4.78 is 13.8. The maximum Gasteiger partial charge on any atom is 0.245 e. The van der Waals surface area contributed by atoms with E-state index in [9.17, 15) is 9.18 Å². The molecule has 142 valence electrons. The molecular weight excluding hydrogens is 341 g/mol. The molecule has 3 N–H and O–H groups in total. The third kappa shape index (κ3) is 3.89. The third-order valence-corrected chi connectivity index (χ3v) is 5.87. The fraction of sp³-hybridized carbons (Fsp3) is 0.409. The summed E-state index contributed by atoms with van der Waals surface area (Å²) in [4.78, 5) is 14.9. The molecule has 27 heavy (non-hydrogen) atoms. The fourth-order valence-electron chi connectivity index (χ4n) is 4.05. The van der Waals surface area contributed by atoms with Crippen LogP contribution in [0.25, 0.3) is 0 Å². The molecule has 1 saturated heterocycles. The van der Waals surface area contributed by atoms with Gasteiger partial charge in [-0.05, 0) is 62.5 Å². The van der Waals surface area contributed by atoms with Crippen molar-refractivity contribution in [1.29, 1.82) is 0 Å². The van der Waals surface area contributed by atoms with Crippen LogP contribution in [0.3, 0.4) is 0 Å². The van der Waals surface area contributed by atoms with E-state index in [0.717, 1.165) is 6.54 Å². The van der Waals surface area contributed by atoms with E-state index in [1.807, 2.05) is 12.1 Å². The zero-order valence-electron chi connectivity index (χ0n) is 15.5. The van der Waals surface area contributed by atoms with Crippen molar-refractivity contribution in [3.05, 3.63) is 65.5 Å². The van der Waals surface area contributed by atoms with E-state index in [2.05, 4.69) is 22.3 Å². The zero-order chi connectivity index (χ0) is 18.9. The molecule has 1 amide bonds. The average Bonchev–Trinajstić information content (AvgIpc) is 3.27. The Bertz CT molecular complexity index is 811. The minimum atomic E-state index is -1.03. The van der Waals surface area contributed by atoms with Gasteiger partial charge in [0.05, 0.1) is 0 Å². The quantitative estimate of drug-likeness (QED) is 0.820. The molecule has 2 aromatic rings.